The second kappa shape index (κ2) is 11.3. The summed E-state index contributed by atoms with van der Waals surface area (Å²) in [5, 5.41) is 3.37. The van der Waals surface area contributed by atoms with Gasteiger partial charge in [-0.1, -0.05) is 48.5 Å². The van der Waals surface area contributed by atoms with E-state index in [1.54, 1.807) is 6.08 Å². The monoisotopic (exact) mass is 355 g/mol. The highest BCUT2D eigenvalue weighted by atomic mass is 16.6. The van der Waals surface area contributed by atoms with E-state index in [0.29, 0.717) is 13.2 Å². The third-order valence-corrected chi connectivity index (χ3v) is 3.83. The largest absolute Gasteiger partial charge is 0.490 e. The van der Waals surface area contributed by atoms with Gasteiger partial charge in [-0.3, -0.25) is 0 Å². The second-order valence-corrected chi connectivity index (χ2v) is 5.85. The molecule has 1 aliphatic heterocycles. The Balaban J connectivity index is 0.000000758. The van der Waals surface area contributed by atoms with Crippen LogP contribution in [0.4, 0.5) is 0 Å². The zero-order valence-electron chi connectivity index (χ0n) is 15.7. The molecule has 0 radical (unpaired) electrons. The van der Waals surface area contributed by atoms with Crippen molar-refractivity contribution in [1.82, 2.24) is 5.32 Å². The van der Waals surface area contributed by atoms with Gasteiger partial charge in [-0.2, -0.15) is 0 Å². The number of rotatable bonds is 6. The Kier molecular flexibility index (Phi) is 8.73. The topological polar surface area (TPSA) is 39.7 Å². The summed E-state index contributed by atoms with van der Waals surface area (Å²) in [6, 6.07) is 18.0. The highest BCUT2D eigenvalue weighted by Gasteiger charge is 2.28. The van der Waals surface area contributed by atoms with Gasteiger partial charge in [0.15, 0.2) is 17.6 Å². The Morgan fingerprint density at radius 2 is 1.81 bits per heavy atom. The zero-order chi connectivity index (χ0) is 18.6. The van der Waals surface area contributed by atoms with Crippen molar-refractivity contribution in [3.8, 4) is 11.5 Å². The fraction of sp³-hybridized carbons (Fsp3) is 0.364. The summed E-state index contributed by atoms with van der Waals surface area (Å²) < 4.78 is 18.0. The third kappa shape index (κ3) is 5.90. The molecular weight excluding hydrogens is 326 g/mol. The van der Waals surface area contributed by atoms with E-state index in [2.05, 4.69) is 24.0 Å². The van der Waals surface area contributed by atoms with Gasteiger partial charge in [0, 0.05) is 13.1 Å². The second-order valence-electron chi connectivity index (χ2n) is 5.85. The molecule has 3 rings (SSSR count). The lowest BCUT2D eigenvalue weighted by molar-refractivity contribution is -0.0439. The molecule has 26 heavy (non-hydrogen) atoms. The third-order valence-electron chi connectivity index (χ3n) is 3.83. The first-order valence-corrected chi connectivity index (χ1v) is 9.13. The van der Waals surface area contributed by atoms with Crippen LogP contribution in [0.25, 0.3) is 0 Å². The van der Waals surface area contributed by atoms with Crippen LogP contribution >= 0.6 is 0 Å². The molecule has 1 N–H and O–H groups in total. The number of hydrogen-bond acceptors (Lipinski definition) is 4. The van der Waals surface area contributed by atoms with Crippen LogP contribution in [0.15, 0.2) is 67.3 Å². The van der Waals surface area contributed by atoms with E-state index in [9.17, 15) is 0 Å². The smallest absolute Gasteiger partial charge is 0.162 e. The molecule has 0 unspecified atom stereocenters. The molecule has 140 valence electrons. The minimum atomic E-state index is -0.175. The van der Waals surface area contributed by atoms with Gasteiger partial charge in [-0.15, -0.1) is 6.58 Å². The lowest BCUT2D eigenvalue weighted by Crippen LogP contribution is -2.43. The molecule has 0 saturated carbocycles. The van der Waals surface area contributed by atoms with Crippen LogP contribution in [0, 0.1) is 0 Å². The van der Waals surface area contributed by atoms with Gasteiger partial charge in [0.25, 0.3) is 0 Å². The first-order valence-electron chi connectivity index (χ1n) is 9.13. The summed E-state index contributed by atoms with van der Waals surface area (Å²) in [4.78, 5) is 0. The van der Waals surface area contributed by atoms with E-state index >= 15 is 0 Å². The van der Waals surface area contributed by atoms with Crippen molar-refractivity contribution < 1.29 is 14.2 Å². The van der Waals surface area contributed by atoms with E-state index in [1.165, 1.54) is 0 Å². The lowest BCUT2D eigenvalue weighted by atomic mass is 10.0. The van der Waals surface area contributed by atoms with Gasteiger partial charge >= 0.3 is 0 Å². The molecule has 4 heteroatoms. The van der Waals surface area contributed by atoms with Gasteiger partial charge in [0.05, 0.1) is 13.2 Å². The number of nitrogens with one attached hydrogen (secondary N) is 1. The van der Waals surface area contributed by atoms with Crippen LogP contribution in [0.5, 0.6) is 11.5 Å². The quantitative estimate of drug-likeness (QED) is 0.780. The van der Waals surface area contributed by atoms with Crippen LogP contribution in [0.3, 0.4) is 0 Å². The Morgan fingerprint density at radius 1 is 1.15 bits per heavy atom. The standard InChI is InChI=1S/C19H23NO3.C3H6/c1-2-21-16-10-6-7-11-17(16)23-19(15-8-4-3-5-9-15)18-14-20-12-13-22-18;1-3-2/h3-11,18-20H,2,12-14H2,1H3;3H,1H2,2H3/t18-,19-;/m0./s1. The Morgan fingerprint density at radius 3 is 2.42 bits per heavy atom. The average Bonchev–Trinajstić information content (AvgIpc) is 2.69. The van der Waals surface area contributed by atoms with Crippen molar-refractivity contribution in [2.24, 2.45) is 0 Å². The van der Waals surface area contributed by atoms with E-state index in [0.717, 1.165) is 30.2 Å². The maximum Gasteiger partial charge on any atom is 0.162 e. The molecule has 0 aromatic heterocycles. The van der Waals surface area contributed by atoms with Crippen LogP contribution < -0.4 is 14.8 Å². The van der Waals surface area contributed by atoms with Crippen molar-refractivity contribution in [3.05, 3.63) is 72.8 Å². The van der Waals surface area contributed by atoms with E-state index in [-0.39, 0.29) is 12.2 Å². The van der Waals surface area contributed by atoms with Gasteiger partial charge < -0.3 is 19.5 Å². The summed E-state index contributed by atoms with van der Waals surface area (Å²) in [7, 11) is 0. The van der Waals surface area contributed by atoms with E-state index in [4.69, 9.17) is 14.2 Å². The number of morpholine rings is 1. The van der Waals surface area contributed by atoms with Gasteiger partial charge in [0.2, 0.25) is 0 Å². The highest BCUT2D eigenvalue weighted by Crippen LogP contribution is 2.33. The molecule has 0 amide bonds. The average molecular weight is 355 g/mol. The fourth-order valence-corrected chi connectivity index (χ4v) is 2.74. The van der Waals surface area contributed by atoms with Crippen molar-refractivity contribution in [1.29, 1.82) is 0 Å². The maximum absolute atomic E-state index is 6.33. The van der Waals surface area contributed by atoms with Crippen LogP contribution in [0.2, 0.25) is 0 Å². The molecule has 1 heterocycles. The summed E-state index contributed by atoms with van der Waals surface area (Å²) in [6.07, 6.45) is 1.55. The Hall–Kier alpha value is -2.30. The fourth-order valence-electron chi connectivity index (χ4n) is 2.74. The molecule has 0 spiro atoms. The molecule has 2 aromatic carbocycles. The number of hydrogen-bond donors (Lipinski definition) is 1. The van der Waals surface area contributed by atoms with E-state index in [1.807, 2.05) is 56.3 Å². The van der Waals surface area contributed by atoms with Crippen molar-refractivity contribution in [2.45, 2.75) is 26.1 Å². The molecule has 0 bridgehead atoms. The van der Waals surface area contributed by atoms with Crippen molar-refractivity contribution >= 4 is 0 Å². The number of benzene rings is 2. The van der Waals surface area contributed by atoms with Gasteiger partial charge in [-0.05, 0) is 31.5 Å². The summed E-state index contributed by atoms with van der Waals surface area (Å²) >= 11 is 0. The molecule has 2 atom stereocenters. The molecular formula is C22H29NO3. The number of ether oxygens (including phenoxy) is 3. The predicted molar refractivity (Wildman–Crippen MR) is 106 cm³/mol. The van der Waals surface area contributed by atoms with Crippen LogP contribution in [0.1, 0.15) is 25.5 Å². The molecule has 2 aromatic rings. The van der Waals surface area contributed by atoms with E-state index < -0.39 is 0 Å². The van der Waals surface area contributed by atoms with Gasteiger partial charge in [0.1, 0.15) is 6.10 Å². The first kappa shape index (κ1) is 20.0. The molecule has 1 aliphatic rings. The Bertz CT molecular complexity index is 639. The number of allylic oxidation sites excluding steroid dienone is 1. The molecule has 0 aliphatic carbocycles. The summed E-state index contributed by atoms with van der Waals surface area (Å²) in [6.45, 7) is 10.2. The molecule has 1 fully saturated rings. The number of para-hydroxylation sites is 2. The predicted octanol–water partition coefficient (Wildman–Crippen LogP) is 4.39. The van der Waals surface area contributed by atoms with Gasteiger partial charge in [-0.25, -0.2) is 0 Å². The lowest BCUT2D eigenvalue weighted by Gasteiger charge is -2.32. The normalized spacial score (nSPS) is 17.4. The summed E-state index contributed by atoms with van der Waals surface area (Å²) in [5.41, 5.74) is 1.10. The van der Waals surface area contributed by atoms with Crippen molar-refractivity contribution in [2.75, 3.05) is 26.3 Å². The van der Waals surface area contributed by atoms with Crippen LogP contribution in [-0.4, -0.2) is 32.4 Å². The minimum absolute atomic E-state index is 0.0270. The maximum atomic E-state index is 6.33. The van der Waals surface area contributed by atoms with Crippen molar-refractivity contribution in [3.63, 3.8) is 0 Å². The minimum Gasteiger partial charge on any atom is -0.490 e. The zero-order valence-corrected chi connectivity index (χ0v) is 15.7. The summed E-state index contributed by atoms with van der Waals surface area (Å²) in [5.74, 6) is 1.51. The molecule has 1 saturated heterocycles. The molecule has 4 nitrogen and oxygen atoms in total. The Labute approximate surface area is 156 Å². The highest BCUT2D eigenvalue weighted by molar-refractivity contribution is 5.40. The first-order chi connectivity index (χ1) is 12.8. The SMILES string of the molecule is C=CC.CCOc1ccccc1O[C@@H](c1ccccc1)[C@@H]1CNCCO1. The van der Waals surface area contributed by atoms with Crippen LogP contribution in [-0.2, 0) is 4.74 Å².